The molecule has 0 aliphatic heterocycles. The molecule has 2 rings (SSSR count). The SMILES string of the molecule is CNCCN(C)C(=O)c1cccc(NC(=O)c2ccco2)c1.Cl. The fraction of sp³-hybridized carbons (Fsp3) is 0.250. The van der Waals surface area contributed by atoms with Gasteiger partial charge in [0.05, 0.1) is 6.26 Å². The third-order valence-electron chi connectivity index (χ3n) is 3.16. The van der Waals surface area contributed by atoms with Gasteiger partial charge in [0.1, 0.15) is 0 Å². The minimum Gasteiger partial charge on any atom is -0.459 e. The first-order valence-corrected chi connectivity index (χ1v) is 6.97. The van der Waals surface area contributed by atoms with E-state index in [1.165, 1.54) is 6.26 Å². The van der Waals surface area contributed by atoms with Crippen LogP contribution >= 0.6 is 12.4 Å². The molecule has 2 amide bonds. The second-order valence-electron chi connectivity index (χ2n) is 4.84. The van der Waals surface area contributed by atoms with Crippen LogP contribution in [0.1, 0.15) is 20.9 Å². The van der Waals surface area contributed by atoms with Gasteiger partial charge in [0.25, 0.3) is 11.8 Å². The maximum absolute atomic E-state index is 12.3. The Bertz CT molecular complexity index is 644. The maximum atomic E-state index is 12.3. The van der Waals surface area contributed by atoms with E-state index in [-0.39, 0.29) is 30.0 Å². The van der Waals surface area contributed by atoms with Gasteiger partial charge in [0, 0.05) is 31.4 Å². The van der Waals surface area contributed by atoms with Crippen molar-refractivity contribution in [3.05, 3.63) is 54.0 Å². The van der Waals surface area contributed by atoms with Crippen molar-refractivity contribution >= 4 is 29.9 Å². The highest BCUT2D eigenvalue weighted by Gasteiger charge is 2.13. The highest BCUT2D eigenvalue weighted by molar-refractivity contribution is 6.03. The van der Waals surface area contributed by atoms with Crippen molar-refractivity contribution in [1.82, 2.24) is 10.2 Å². The molecule has 0 radical (unpaired) electrons. The van der Waals surface area contributed by atoms with Crippen molar-refractivity contribution in [2.24, 2.45) is 0 Å². The van der Waals surface area contributed by atoms with Gasteiger partial charge in [0.15, 0.2) is 5.76 Å². The number of hydrogen-bond donors (Lipinski definition) is 2. The average molecular weight is 338 g/mol. The van der Waals surface area contributed by atoms with E-state index in [2.05, 4.69) is 10.6 Å². The molecule has 2 N–H and O–H groups in total. The third kappa shape index (κ3) is 5.12. The van der Waals surface area contributed by atoms with E-state index in [1.54, 1.807) is 48.3 Å². The minimum absolute atomic E-state index is 0. The topological polar surface area (TPSA) is 74.6 Å². The highest BCUT2D eigenvalue weighted by atomic mass is 35.5. The van der Waals surface area contributed by atoms with Crippen molar-refractivity contribution < 1.29 is 14.0 Å². The van der Waals surface area contributed by atoms with Gasteiger partial charge in [-0.25, -0.2) is 0 Å². The zero-order valence-corrected chi connectivity index (χ0v) is 13.9. The molecule has 0 unspecified atom stereocenters. The summed E-state index contributed by atoms with van der Waals surface area (Å²) in [5, 5.41) is 5.70. The summed E-state index contributed by atoms with van der Waals surface area (Å²) in [5.41, 5.74) is 1.07. The number of rotatable bonds is 6. The zero-order chi connectivity index (χ0) is 15.9. The van der Waals surface area contributed by atoms with E-state index in [9.17, 15) is 9.59 Å². The molecule has 0 fully saturated rings. The molecule has 0 aliphatic rings. The number of anilines is 1. The molecule has 1 aromatic heterocycles. The van der Waals surface area contributed by atoms with Crippen molar-refractivity contribution in [3.63, 3.8) is 0 Å². The van der Waals surface area contributed by atoms with E-state index in [0.717, 1.165) is 6.54 Å². The van der Waals surface area contributed by atoms with Gasteiger partial charge in [-0.3, -0.25) is 9.59 Å². The summed E-state index contributed by atoms with van der Waals surface area (Å²) in [6.07, 6.45) is 1.44. The Kier molecular flexibility index (Phi) is 7.31. The Morgan fingerprint density at radius 1 is 1.22 bits per heavy atom. The Hall–Kier alpha value is -2.31. The second kappa shape index (κ2) is 8.97. The Balaban J connectivity index is 0.00000264. The van der Waals surface area contributed by atoms with Gasteiger partial charge in [-0.05, 0) is 37.4 Å². The lowest BCUT2D eigenvalue weighted by Gasteiger charge is -2.17. The van der Waals surface area contributed by atoms with Crippen LogP contribution in [0, 0.1) is 0 Å². The summed E-state index contributed by atoms with van der Waals surface area (Å²) in [4.78, 5) is 25.8. The molecule has 124 valence electrons. The van der Waals surface area contributed by atoms with Crippen molar-refractivity contribution in [2.75, 3.05) is 32.5 Å². The number of benzene rings is 1. The Labute approximate surface area is 141 Å². The van der Waals surface area contributed by atoms with Crippen LogP contribution in [0.25, 0.3) is 0 Å². The fourth-order valence-electron chi connectivity index (χ4n) is 1.93. The van der Waals surface area contributed by atoms with Crippen LogP contribution in [-0.4, -0.2) is 43.9 Å². The van der Waals surface area contributed by atoms with Crippen molar-refractivity contribution in [1.29, 1.82) is 0 Å². The number of amides is 2. The lowest BCUT2D eigenvalue weighted by atomic mass is 10.1. The smallest absolute Gasteiger partial charge is 0.291 e. The molecule has 0 saturated carbocycles. The lowest BCUT2D eigenvalue weighted by Crippen LogP contribution is -2.32. The number of nitrogens with one attached hydrogen (secondary N) is 2. The molecule has 0 spiro atoms. The number of likely N-dealkylation sites (N-methyl/N-ethyl adjacent to an activating group) is 2. The Morgan fingerprint density at radius 3 is 2.65 bits per heavy atom. The molecule has 1 heterocycles. The number of carbonyl (C=O) groups excluding carboxylic acids is 2. The van der Waals surface area contributed by atoms with Crippen LogP contribution in [-0.2, 0) is 0 Å². The zero-order valence-electron chi connectivity index (χ0n) is 13.0. The van der Waals surface area contributed by atoms with Crippen molar-refractivity contribution in [3.8, 4) is 0 Å². The number of furan rings is 1. The first-order valence-electron chi connectivity index (χ1n) is 6.97. The first-order chi connectivity index (χ1) is 10.6. The summed E-state index contributed by atoms with van der Waals surface area (Å²) >= 11 is 0. The number of carbonyl (C=O) groups is 2. The summed E-state index contributed by atoms with van der Waals surface area (Å²) in [6, 6.07) is 10.1. The summed E-state index contributed by atoms with van der Waals surface area (Å²) < 4.78 is 5.03. The van der Waals surface area contributed by atoms with Crippen LogP contribution in [0.5, 0.6) is 0 Å². The number of hydrogen-bond acceptors (Lipinski definition) is 4. The molecule has 6 nitrogen and oxygen atoms in total. The second-order valence-corrected chi connectivity index (χ2v) is 4.84. The first kappa shape index (κ1) is 18.7. The molecule has 0 aliphatic carbocycles. The molecule has 7 heteroatoms. The van der Waals surface area contributed by atoms with E-state index in [1.807, 2.05) is 7.05 Å². The lowest BCUT2D eigenvalue weighted by molar-refractivity contribution is 0.0796. The van der Waals surface area contributed by atoms with Gasteiger partial charge in [-0.15, -0.1) is 12.4 Å². The van der Waals surface area contributed by atoms with Gasteiger partial charge < -0.3 is 20.0 Å². The van der Waals surface area contributed by atoms with Gasteiger partial charge in [-0.2, -0.15) is 0 Å². The highest BCUT2D eigenvalue weighted by Crippen LogP contribution is 2.14. The quantitative estimate of drug-likeness (QED) is 0.847. The standard InChI is InChI=1S/C16H19N3O3.ClH/c1-17-8-9-19(2)16(21)12-5-3-6-13(11-12)18-15(20)14-7-4-10-22-14;/h3-7,10-11,17H,8-9H2,1-2H3,(H,18,20);1H. The van der Waals surface area contributed by atoms with E-state index >= 15 is 0 Å². The Morgan fingerprint density at radius 2 is 2.00 bits per heavy atom. The largest absolute Gasteiger partial charge is 0.459 e. The average Bonchev–Trinajstić information content (AvgIpc) is 3.06. The van der Waals surface area contributed by atoms with Gasteiger partial charge >= 0.3 is 0 Å². The van der Waals surface area contributed by atoms with Crippen LogP contribution in [0.15, 0.2) is 47.1 Å². The molecule has 0 atom stereocenters. The van der Waals surface area contributed by atoms with E-state index < -0.39 is 0 Å². The monoisotopic (exact) mass is 337 g/mol. The minimum atomic E-state index is -0.349. The summed E-state index contributed by atoms with van der Waals surface area (Å²) in [6.45, 7) is 1.33. The number of halogens is 1. The van der Waals surface area contributed by atoms with Crippen LogP contribution in [0.4, 0.5) is 5.69 Å². The van der Waals surface area contributed by atoms with Crippen LogP contribution < -0.4 is 10.6 Å². The third-order valence-corrected chi connectivity index (χ3v) is 3.16. The van der Waals surface area contributed by atoms with Crippen LogP contribution in [0.3, 0.4) is 0 Å². The fourth-order valence-corrected chi connectivity index (χ4v) is 1.93. The van der Waals surface area contributed by atoms with Crippen molar-refractivity contribution in [2.45, 2.75) is 0 Å². The molecule has 0 bridgehead atoms. The maximum Gasteiger partial charge on any atom is 0.291 e. The van der Waals surface area contributed by atoms with E-state index in [4.69, 9.17) is 4.42 Å². The number of nitrogens with zero attached hydrogens (tertiary/aromatic N) is 1. The summed E-state index contributed by atoms with van der Waals surface area (Å²) in [5.74, 6) is -0.217. The summed E-state index contributed by atoms with van der Waals surface area (Å²) in [7, 11) is 3.58. The van der Waals surface area contributed by atoms with Crippen LogP contribution in [0.2, 0.25) is 0 Å². The molecule has 1 aromatic carbocycles. The molecule has 0 saturated heterocycles. The van der Waals surface area contributed by atoms with Gasteiger partial charge in [0.2, 0.25) is 0 Å². The molecule has 23 heavy (non-hydrogen) atoms. The molecular formula is C16H20ClN3O3. The predicted octanol–water partition coefficient (Wildman–Crippen LogP) is 2.25. The van der Waals surface area contributed by atoms with Gasteiger partial charge in [-0.1, -0.05) is 6.07 Å². The molecule has 2 aromatic rings. The molecular weight excluding hydrogens is 318 g/mol. The van der Waals surface area contributed by atoms with E-state index in [0.29, 0.717) is 17.8 Å². The normalized spacial score (nSPS) is 9.83. The predicted molar refractivity (Wildman–Crippen MR) is 91.2 cm³/mol.